The second-order valence-corrected chi connectivity index (χ2v) is 5.74. The molecule has 19 heavy (non-hydrogen) atoms. The summed E-state index contributed by atoms with van der Waals surface area (Å²) in [6.45, 7) is 6.61. The molecule has 0 fully saturated rings. The SMILES string of the molecule is Cc1cccc(N2c3ccccc3C(C)C2C)c1Cl. The molecular weight excluding hydrogens is 254 g/mol. The number of fused-ring (bicyclic) bond motifs is 1. The third-order valence-corrected chi connectivity index (χ3v) is 4.74. The maximum absolute atomic E-state index is 6.51. The van der Waals surface area contributed by atoms with Crippen molar-refractivity contribution >= 4 is 23.0 Å². The van der Waals surface area contributed by atoms with Crippen LogP contribution in [0, 0.1) is 6.92 Å². The van der Waals surface area contributed by atoms with E-state index in [1.165, 1.54) is 11.3 Å². The Hall–Kier alpha value is -1.47. The van der Waals surface area contributed by atoms with Gasteiger partial charge >= 0.3 is 0 Å². The van der Waals surface area contributed by atoms with Crippen LogP contribution in [-0.4, -0.2) is 6.04 Å². The van der Waals surface area contributed by atoms with Crippen molar-refractivity contribution < 1.29 is 0 Å². The van der Waals surface area contributed by atoms with Gasteiger partial charge in [0.05, 0.1) is 10.7 Å². The normalized spacial score (nSPS) is 21.6. The largest absolute Gasteiger partial charge is 0.337 e. The molecule has 2 atom stereocenters. The highest BCUT2D eigenvalue weighted by Crippen LogP contribution is 2.47. The van der Waals surface area contributed by atoms with Gasteiger partial charge in [0.1, 0.15) is 0 Å². The van der Waals surface area contributed by atoms with Crippen LogP contribution in [0.3, 0.4) is 0 Å². The highest BCUT2D eigenvalue weighted by atomic mass is 35.5. The topological polar surface area (TPSA) is 3.24 Å². The van der Waals surface area contributed by atoms with Crippen LogP contribution in [0.25, 0.3) is 0 Å². The van der Waals surface area contributed by atoms with Gasteiger partial charge < -0.3 is 4.90 Å². The van der Waals surface area contributed by atoms with Gasteiger partial charge in [-0.05, 0) is 37.1 Å². The Balaban J connectivity index is 2.18. The van der Waals surface area contributed by atoms with E-state index in [2.05, 4.69) is 68.1 Å². The van der Waals surface area contributed by atoms with Crippen LogP contribution in [0.1, 0.15) is 30.9 Å². The summed E-state index contributed by atoms with van der Waals surface area (Å²) in [5, 5.41) is 0.859. The minimum Gasteiger partial charge on any atom is -0.337 e. The predicted octanol–water partition coefficient (Wildman–Crippen LogP) is 5.29. The average Bonchev–Trinajstić information content (AvgIpc) is 2.67. The number of anilines is 2. The van der Waals surface area contributed by atoms with Crippen molar-refractivity contribution in [1.29, 1.82) is 0 Å². The van der Waals surface area contributed by atoms with Crippen molar-refractivity contribution in [2.45, 2.75) is 32.7 Å². The van der Waals surface area contributed by atoms with Crippen LogP contribution in [0.2, 0.25) is 5.02 Å². The molecule has 0 aromatic heterocycles. The number of hydrogen-bond acceptors (Lipinski definition) is 1. The molecule has 0 aliphatic carbocycles. The standard InChI is InChI=1S/C17H18ClN/c1-11-7-6-10-16(17(11)18)19-13(3)12(2)14-8-4-5-9-15(14)19/h4-10,12-13H,1-3H3. The Morgan fingerprint density at radius 1 is 0.947 bits per heavy atom. The highest BCUT2D eigenvalue weighted by molar-refractivity contribution is 6.34. The molecule has 1 aliphatic heterocycles. The first-order chi connectivity index (χ1) is 9.11. The van der Waals surface area contributed by atoms with Gasteiger partial charge in [-0.3, -0.25) is 0 Å². The lowest BCUT2D eigenvalue weighted by molar-refractivity contribution is 0.642. The molecule has 1 heterocycles. The summed E-state index contributed by atoms with van der Waals surface area (Å²) >= 11 is 6.51. The van der Waals surface area contributed by atoms with Gasteiger partial charge in [0.25, 0.3) is 0 Å². The predicted molar refractivity (Wildman–Crippen MR) is 82.6 cm³/mol. The molecule has 98 valence electrons. The fourth-order valence-corrected chi connectivity index (χ4v) is 3.18. The molecule has 0 N–H and O–H groups in total. The van der Waals surface area contributed by atoms with Crippen LogP contribution in [0.5, 0.6) is 0 Å². The summed E-state index contributed by atoms with van der Waals surface area (Å²) in [6.07, 6.45) is 0. The fourth-order valence-electron chi connectivity index (χ4n) is 2.96. The molecule has 0 saturated carbocycles. The quantitative estimate of drug-likeness (QED) is 0.681. The van der Waals surface area contributed by atoms with E-state index in [4.69, 9.17) is 11.6 Å². The third kappa shape index (κ3) is 1.84. The smallest absolute Gasteiger partial charge is 0.0672 e. The van der Waals surface area contributed by atoms with Gasteiger partial charge in [-0.1, -0.05) is 48.9 Å². The minimum absolute atomic E-state index is 0.427. The van der Waals surface area contributed by atoms with Crippen molar-refractivity contribution in [1.82, 2.24) is 0 Å². The molecule has 0 amide bonds. The molecule has 0 bridgehead atoms. The van der Waals surface area contributed by atoms with Gasteiger partial charge in [0, 0.05) is 17.6 Å². The maximum Gasteiger partial charge on any atom is 0.0672 e. The summed E-state index contributed by atoms with van der Waals surface area (Å²) in [4.78, 5) is 2.37. The summed E-state index contributed by atoms with van der Waals surface area (Å²) < 4.78 is 0. The van der Waals surface area contributed by atoms with E-state index in [9.17, 15) is 0 Å². The molecule has 1 nitrogen and oxygen atoms in total. The number of benzene rings is 2. The maximum atomic E-state index is 6.51. The number of para-hydroxylation sites is 1. The third-order valence-electron chi connectivity index (χ3n) is 4.25. The van der Waals surface area contributed by atoms with E-state index in [0.717, 1.165) is 16.3 Å². The van der Waals surface area contributed by atoms with Crippen molar-refractivity contribution in [2.75, 3.05) is 4.90 Å². The molecular formula is C17H18ClN. The molecule has 0 saturated heterocycles. The summed E-state index contributed by atoms with van der Waals surface area (Å²) in [5.41, 5.74) is 4.94. The molecule has 2 aromatic carbocycles. The van der Waals surface area contributed by atoms with Crippen LogP contribution in [-0.2, 0) is 0 Å². The van der Waals surface area contributed by atoms with E-state index in [-0.39, 0.29) is 0 Å². The molecule has 1 aliphatic rings. The number of nitrogens with zero attached hydrogens (tertiary/aromatic N) is 1. The molecule has 2 heteroatoms. The van der Waals surface area contributed by atoms with E-state index < -0.39 is 0 Å². The van der Waals surface area contributed by atoms with Gasteiger partial charge in [-0.2, -0.15) is 0 Å². The molecule has 2 unspecified atom stereocenters. The molecule has 2 aromatic rings. The van der Waals surface area contributed by atoms with Crippen molar-refractivity contribution in [3.8, 4) is 0 Å². The minimum atomic E-state index is 0.427. The van der Waals surface area contributed by atoms with Crippen LogP contribution in [0.4, 0.5) is 11.4 Å². The Labute approximate surface area is 119 Å². The zero-order valence-corrected chi connectivity index (χ0v) is 12.3. The van der Waals surface area contributed by atoms with Crippen LogP contribution < -0.4 is 4.90 Å². The van der Waals surface area contributed by atoms with Gasteiger partial charge in [-0.15, -0.1) is 0 Å². The van der Waals surface area contributed by atoms with Gasteiger partial charge in [-0.25, -0.2) is 0 Å². The number of halogens is 1. The van der Waals surface area contributed by atoms with E-state index >= 15 is 0 Å². The Bertz CT molecular complexity index is 620. The van der Waals surface area contributed by atoms with Crippen LogP contribution >= 0.6 is 11.6 Å². The van der Waals surface area contributed by atoms with Crippen molar-refractivity contribution in [3.05, 3.63) is 58.6 Å². The van der Waals surface area contributed by atoms with E-state index in [0.29, 0.717) is 12.0 Å². The lowest BCUT2D eigenvalue weighted by Gasteiger charge is -2.28. The molecule has 3 rings (SSSR count). The van der Waals surface area contributed by atoms with E-state index in [1.54, 1.807) is 0 Å². The number of hydrogen-bond donors (Lipinski definition) is 0. The lowest BCUT2D eigenvalue weighted by atomic mass is 9.98. The van der Waals surface area contributed by atoms with E-state index in [1.807, 2.05) is 0 Å². The zero-order chi connectivity index (χ0) is 13.6. The first-order valence-electron chi connectivity index (χ1n) is 6.74. The second kappa shape index (κ2) is 4.57. The number of rotatable bonds is 1. The molecule has 0 radical (unpaired) electrons. The first kappa shape index (κ1) is 12.6. The van der Waals surface area contributed by atoms with Gasteiger partial charge in [0.15, 0.2) is 0 Å². The van der Waals surface area contributed by atoms with Crippen molar-refractivity contribution in [2.24, 2.45) is 0 Å². The average molecular weight is 272 g/mol. The fraction of sp³-hybridized carbons (Fsp3) is 0.294. The van der Waals surface area contributed by atoms with Crippen LogP contribution in [0.15, 0.2) is 42.5 Å². The Morgan fingerprint density at radius 3 is 2.42 bits per heavy atom. The summed E-state index contributed by atoms with van der Waals surface area (Å²) in [5.74, 6) is 0.521. The van der Waals surface area contributed by atoms with Gasteiger partial charge in [0.2, 0.25) is 0 Å². The lowest BCUT2D eigenvalue weighted by Crippen LogP contribution is -2.26. The molecule has 0 spiro atoms. The summed E-state index contributed by atoms with van der Waals surface area (Å²) in [7, 11) is 0. The van der Waals surface area contributed by atoms with Crippen molar-refractivity contribution in [3.63, 3.8) is 0 Å². The first-order valence-corrected chi connectivity index (χ1v) is 7.12. The summed E-state index contributed by atoms with van der Waals surface area (Å²) in [6, 6.07) is 15.3. The highest BCUT2D eigenvalue weighted by Gasteiger charge is 2.34. The Morgan fingerprint density at radius 2 is 1.63 bits per heavy atom. The number of aryl methyl sites for hydroxylation is 1. The second-order valence-electron chi connectivity index (χ2n) is 5.37. The monoisotopic (exact) mass is 271 g/mol. The zero-order valence-electron chi connectivity index (χ0n) is 11.5. The Kier molecular flexibility index (Phi) is 3.02.